The molecule has 3 aliphatic rings. The number of hydrogen-bond donors (Lipinski definition) is 1. The van der Waals surface area contributed by atoms with Crippen LogP contribution in [-0.2, 0) is 23.9 Å². The quantitative estimate of drug-likeness (QED) is 0.509. The molecule has 0 unspecified atom stereocenters. The summed E-state index contributed by atoms with van der Waals surface area (Å²) in [6.07, 6.45) is 6.76. The van der Waals surface area contributed by atoms with Crippen LogP contribution >= 0.6 is 11.6 Å². The number of allylic oxidation sites excluding steroid dienone is 4. The van der Waals surface area contributed by atoms with Gasteiger partial charge >= 0.3 is 5.97 Å². The SMILES string of the molecule is CC[C@H](C)C=CC1=CC2=C(Cl)C(=O)[C@@]3(C)OC(=O)C(C(=O)[C@H](C)[C@@H](C)O)=C3C2=CO1. The molecule has 2 heterocycles. The first-order valence-electron chi connectivity index (χ1n) is 9.95. The lowest BCUT2D eigenvalue weighted by Crippen LogP contribution is -2.42. The van der Waals surface area contributed by atoms with Gasteiger partial charge in [0.1, 0.15) is 11.3 Å². The highest BCUT2D eigenvalue weighted by Crippen LogP contribution is 2.49. The minimum atomic E-state index is -1.71. The number of halogens is 1. The predicted octanol–water partition coefficient (Wildman–Crippen LogP) is 3.66. The molecule has 30 heavy (non-hydrogen) atoms. The number of esters is 1. The second kappa shape index (κ2) is 8.00. The van der Waals surface area contributed by atoms with Crippen molar-refractivity contribution in [2.45, 2.75) is 52.7 Å². The average Bonchev–Trinajstić information content (AvgIpc) is 3.00. The van der Waals surface area contributed by atoms with Crippen LogP contribution in [-0.4, -0.2) is 34.3 Å². The number of aliphatic hydroxyl groups excluding tert-OH is 1. The van der Waals surface area contributed by atoms with Crippen molar-refractivity contribution in [3.8, 4) is 0 Å². The third-order valence-electron chi connectivity index (χ3n) is 5.87. The van der Waals surface area contributed by atoms with Crippen LogP contribution in [0.15, 0.2) is 57.6 Å². The lowest BCUT2D eigenvalue weighted by molar-refractivity contribution is -0.153. The predicted molar refractivity (Wildman–Crippen MR) is 111 cm³/mol. The molecule has 7 heteroatoms. The van der Waals surface area contributed by atoms with E-state index in [1.807, 2.05) is 6.08 Å². The fourth-order valence-electron chi connectivity index (χ4n) is 3.48. The number of Topliss-reactive ketones (excluding diaryl/α,β-unsaturated/α-hetero) is 2. The van der Waals surface area contributed by atoms with Crippen LogP contribution in [0.4, 0.5) is 0 Å². The van der Waals surface area contributed by atoms with Crippen molar-refractivity contribution in [1.82, 2.24) is 0 Å². The molecular weight excluding hydrogens is 408 g/mol. The number of carbonyl (C=O) groups is 3. The van der Waals surface area contributed by atoms with Gasteiger partial charge in [-0.05, 0) is 31.9 Å². The highest BCUT2D eigenvalue weighted by molar-refractivity contribution is 6.46. The second-order valence-corrected chi connectivity index (χ2v) is 8.44. The number of ether oxygens (including phenoxy) is 2. The summed E-state index contributed by atoms with van der Waals surface area (Å²) in [6.45, 7) is 8.53. The summed E-state index contributed by atoms with van der Waals surface area (Å²) >= 11 is 6.37. The molecule has 1 N–H and O–H groups in total. The van der Waals surface area contributed by atoms with E-state index < -0.39 is 35.2 Å². The first kappa shape index (κ1) is 22.2. The van der Waals surface area contributed by atoms with Crippen molar-refractivity contribution in [3.63, 3.8) is 0 Å². The second-order valence-electron chi connectivity index (χ2n) is 8.06. The molecule has 0 amide bonds. The van der Waals surface area contributed by atoms with E-state index in [2.05, 4.69) is 13.8 Å². The minimum absolute atomic E-state index is 0.0877. The first-order chi connectivity index (χ1) is 14.0. The number of fused-ring (bicyclic) bond motifs is 3. The van der Waals surface area contributed by atoms with Gasteiger partial charge in [-0.2, -0.15) is 0 Å². The van der Waals surface area contributed by atoms with E-state index in [0.717, 1.165) is 6.42 Å². The van der Waals surface area contributed by atoms with Gasteiger partial charge in [0.25, 0.3) is 0 Å². The Kier molecular flexibility index (Phi) is 5.94. The Morgan fingerprint density at radius 1 is 1.30 bits per heavy atom. The number of hydrogen-bond acceptors (Lipinski definition) is 6. The highest BCUT2D eigenvalue weighted by Gasteiger charge is 2.57. The number of rotatable bonds is 6. The van der Waals surface area contributed by atoms with Crippen molar-refractivity contribution >= 4 is 29.1 Å². The number of ketones is 2. The molecule has 0 aromatic heterocycles. The Hall–Kier alpha value is -2.44. The van der Waals surface area contributed by atoms with Crippen LogP contribution < -0.4 is 0 Å². The summed E-state index contributed by atoms with van der Waals surface area (Å²) < 4.78 is 11.1. The van der Waals surface area contributed by atoms with Gasteiger partial charge in [0, 0.05) is 22.6 Å². The zero-order chi connectivity index (χ0) is 22.4. The summed E-state index contributed by atoms with van der Waals surface area (Å²) in [4.78, 5) is 38.6. The van der Waals surface area contributed by atoms with E-state index in [4.69, 9.17) is 21.1 Å². The monoisotopic (exact) mass is 432 g/mol. The van der Waals surface area contributed by atoms with E-state index in [9.17, 15) is 19.5 Å². The van der Waals surface area contributed by atoms with Gasteiger partial charge in [-0.25, -0.2) is 4.79 Å². The Morgan fingerprint density at radius 2 is 1.97 bits per heavy atom. The van der Waals surface area contributed by atoms with E-state index in [-0.39, 0.29) is 16.2 Å². The summed E-state index contributed by atoms with van der Waals surface area (Å²) in [5.74, 6) is -2.12. The normalized spacial score (nSPS) is 26.5. The van der Waals surface area contributed by atoms with E-state index in [1.54, 1.807) is 12.2 Å². The molecule has 6 nitrogen and oxygen atoms in total. The smallest absolute Gasteiger partial charge is 0.343 e. The van der Waals surface area contributed by atoms with Crippen LogP contribution in [0.1, 0.15) is 41.0 Å². The van der Waals surface area contributed by atoms with Crippen molar-refractivity contribution in [3.05, 3.63) is 57.6 Å². The van der Waals surface area contributed by atoms with Crippen LogP contribution in [0, 0.1) is 11.8 Å². The molecule has 2 aliphatic heterocycles. The maximum absolute atomic E-state index is 13.0. The average molecular weight is 433 g/mol. The lowest BCUT2D eigenvalue weighted by Gasteiger charge is -2.33. The van der Waals surface area contributed by atoms with Gasteiger partial charge in [0.05, 0.1) is 17.4 Å². The maximum atomic E-state index is 13.0. The topological polar surface area (TPSA) is 89.9 Å². The van der Waals surface area contributed by atoms with Crippen LogP contribution in [0.2, 0.25) is 0 Å². The molecule has 0 aromatic rings. The molecule has 160 valence electrons. The molecule has 0 saturated heterocycles. The van der Waals surface area contributed by atoms with Crippen molar-refractivity contribution in [2.75, 3.05) is 0 Å². The van der Waals surface area contributed by atoms with Gasteiger partial charge in [0.15, 0.2) is 11.4 Å². The van der Waals surface area contributed by atoms with Crippen LogP contribution in [0.25, 0.3) is 0 Å². The van der Waals surface area contributed by atoms with Crippen molar-refractivity contribution < 1.29 is 29.0 Å². The Morgan fingerprint density at radius 3 is 2.57 bits per heavy atom. The highest BCUT2D eigenvalue weighted by atomic mass is 35.5. The fraction of sp³-hybridized carbons (Fsp3) is 0.435. The Labute approximate surface area is 180 Å². The fourth-order valence-corrected chi connectivity index (χ4v) is 3.82. The maximum Gasteiger partial charge on any atom is 0.343 e. The zero-order valence-corrected chi connectivity index (χ0v) is 18.4. The van der Waals surface area contributed by atoms with E-state index in [1.165, 1.54) is 27.0 Å². The van der Waals surface area contributed by atoms with Crippen molar-refractivity contribution in [1.29, 1.82) is 0 Å². The summed E-state index contributed by atoms with van der Waals surface area (Å²) in [5.41, 5.74) is -1.10. The first-order valence-corrected chi connectivity index (χ1v) is 10.3. The van der Waals surface area contributed by atoms with Gasteiger partial charge in [-0.15, -0.1) is 0 Å². The summed E-state index contributed by atoms with van der Waals surface area (Å²) in [7, 11) is 0. The summed E-state index contributed by atoms with van der Waals surface area (Å²) in [6, 6.07) is 0. The largest absolute Gasteiger partial charge is 0.464 e. The molecule has 4 atom stereocenters. The Bertz CT molecular complexity index is 978. The molecule has 0 bridgehead atoms. The molecule has 0 spiro atoms. The van der Waals surface area contributed by atoms with Gasteiger partial charge in [-0.1, -0.05) is 44.9 Å². The zero-order valence-electron chi connectivity index (χ0n) is 17.6. The molecule has 3 rings (SSSR count). The van der Waals surface area contributed by atoms with E-state index >= 15 is 0 Å². The molecule has 0 saturated carbocycles. The molecule has 0 radical (unpaired) electrons. The standard InChI is InChI=1S/C23H25ClO6/c1-6-11(2)7-8-14-9-15-16(10-29-14)18-17(20(26)12(3)13(4)25)22(28)30-23(18,5)21(27)19(15)24/h7-13,25H,6H2,1-5H3/t11-,12+,13+,23-/m0/s1. The van der Waals surface area contributed by atoms with Crippen LogP contribution in [0.5, 0.6) is 0 Å². The van der Waals surface area contributed by atoms with Gasteiger partial charge in [-0.3, -0.25) is 9.59 Å². The lowest BCUT2D eigenvalue weighted by atomic mass is 9.74. The minimum Gasteiger partial charge on any atom is -0.464 e. The third kappa shape index (κ3) is 3.48. The Balaban J connectivity index is 2.15. The third-order valence-corrected chi connectivity index (χ3v) is 6.25. The van der Waals surface area contributed by atoms with Crippen LogP contribution in [0.3, 0.4) is 0 Å². The molecule has 0 aromatic carbocycles. The van der Waals surface area contributed by atoms with Gasteiger partial charge in [0.2, 0.25) is 5.78 Å². The molecular formula is C23H25ClO6. The van der Waals surface area contributed by atoms with Crippen molar-refractivity contribution in [2.24, 2.45) is 11.8 Å². The van der Waals surface area contributed by atoms with E-state index in [0.29, 0.717) is 22.8 Å². The molecule has 1 aliphatic carbocycles. The van der Waals surface area contributed by atoms with Gasteiger partial charge < -0.3 is 14.6 Å². The number of carbonyl (C=O) groups excluding carboxylic acids is 3. The molecule has 0 fully saturated rings. The number of aliphatic hydroxyl groups is 1. The summed E-state index contributed by atoms with van der Waals surface area (Å²) in [5, 5.41) is 9.75.